The monoisotopic (exact) mass is 336 g/mol. The topological polar surface area (TPSA) is 100 Å². The molecular weight excluding hydrogens is 308 g/mol. The summed E-state index contributed by atoms with van der Waals surface area (Å²) in [6.45, 7) is 3.64. The van der Waals surface area contributed by atoms with E-state index in [0.29, 0.717) is 38.5 Å². The Balaban J connectivity index is 3.66. The molecule has 0 aliphatic carbocycles. The normalized spacial score (nSPS) is 12.5. The van der Waals surface area contributed by atoms with Gasteiger partial charge in [0.2, 0.25) is 0 Å². The van der Waals surface area contributed by atoms with Gasteiger partial charge in [0.1, 0.15) is 0 Å². The van der Waals surface area contributed by atoms with Gasteiger partial charge in [-0.15, -0.1) is 0 Å². The van der Waals surface area contributed by atoms with Gasteiger partial charge in [0, 0.05) is 25.7 Å². The maximum Gasteiger partial charge on any atom is 0.306 e. The van der Waals surface area contributed by atoms with Crippen molar-refractivity contribution >= 4 is 11.9 Å². The molecule has 0 N–H and O–H groups in total. The summed E-state index contributed by atoms with van der Waals surface area (Å²) in [5.41, 5.74) is 0. The Morgan fingerprint density at radius 1 is 0.792 bits per heavy atom. The maximum atomic E-state index is 11.6. The fourth-order valence-electron chi connectivity index (χ4n) is 2.16. The zero-order valence-electron chi connectivity index (χ0n) is 14.8. The van der Waals surface area contributed by atoms with Crippen LogP contribution >= 0.6 is 0 Å². The molecule has 0 rings (SSSR count). The van der Waals surface area contributed by atoms with Crippen LogP contribution in [0.2, 0.25) is 0 Å². The molecule has 2 unspecified atom stereocenters. The average Bonchev–Trinajstić information content (AvgIpc) is 2.52. The van der Waals surface area contributed by atoms with Gasteiger partial charge >= 0.3 is 11.9 Å². The summed E-state index contributed by atoms with van der Waals surface area (Å²) in [5.74, 6) is -0.532. The molecule has 0 aromatic heterocycles. The smallest absolute Gasteiger partial charge is 0.306 e. The molecule has 0 heterocycles. The molecule has 0 aliphatic rings. The lowest BCUT2D eigenvalue weighted by Crippen LogP contribution is -2.16. The lowest BCUT2D eigenvalue weighted by atomic mass is 10.1. The van der Waals surface area contributed by atoms with Crippen molar-refractivity contribution in [3.8, 4) is 12.1 Å². The van der Waals surface area contributed by atoms with E-state index < -0.39 is 0 Å². The number of unbranched alkanes of at least 4 members (excludes halogenated alkanes) is 3. The van der Waals surface area contributed by atoms with Gasteiger partial charge in [0.25, 0.3) is 0 Å². The molecule has 0 amide bonds. The molecule has 2 atom stereocenters. The molecule has 0 radical (unpaired) electrons. The molecule has 0 bridgehead atoms. The fraction of sp³-hybridized carbons (Fsp3) is 0.778. The van der Waals surface area contributed by atoms with Crippen molar-refractivity contribution in [2.75, 3.05) is 0 Å². The van der Waals surface area contributed by atoms with E-state index in [0.717, 1.165) is 12.8 Å². The number of carbonyl (C=O) groups excluding carboxylic acids is 2. The van der Waals surface area contributed by atoms with Crippen molar-refractivity contribution in [1.82, 2.24) is 0 Å². The van der Waals surface area contributed by atoms with Crippen molar-refractivity contribution < 1.29 is 19.1 Å². The molecule has 0 saturated carbocycles. The summed E-state index contributed by atoms with van der Waals surface area (Å²) in [6.07, 6.45) is 5.16. The van der Waals surface area contributed by atoms with Crippen LogP contribution < -0.4 is 0 Å². The summed E-state index contributed by atoms with van der Waals surface area (Å²) in [6, 6.07) is 4.12. The van der Waals surface area contributed by atoms with Crippen LogP contribution in [-0.2, 0) is 19.1 Å². The fourth-order valence-corrected chi connectivity index (χ4v) is 2.16. The zero-order chi connectivity index (χ0) is 18.2. The predicted molar refractivity (Wildman–Crippen MR) is 88.5 cm³/mol. The number of rotatable bonds is 13. The van der Waals surface area contributed by atoms with Gasteiger partial charge in [-0.3, -0.25) is 9.59 Å². The van der Waals surface area contributed by atoms with Crippen LogP contribution in [-0.4, -0.2) is 24.1 Å². The van der Waals surface area contributed by atoms with E-state index in [2.05, 4.69) is 12.1 Å². The van der Waals surface area contributed by atoms with E-state index in [1.165, 1.54) is 0 Å². The first kappa shape index (κ1) is 21.9. The van der Waals surface area contributed by atoms with E-state index in [1.54, 1.807) is 0 Å². The first-order chi connectivity index (χ1) is 11.5. The maximum absolute atomic E-state index is 11.6. The summed E-state index contributed by atoms with van der Waals surface area (Å²) in [7, 11) is 0. The number of hydrogen-bond acceptors (Lipinski definition) is 6. The van der Waals surface area contributed by atoms with Crippen molar-refractivity contribution in [1.29, 1.82) is 10.5 Å². The highest BCUT2D eigenvalue weighted by atomic mass is 16.5. The molecule has 0 aromatic carbocycles. The third-order valence-electron chi connectivity index (χ3n) is 3.48. The van der Waals surface area contributed by atoms with Gasteiger partial charge < -0.3 is 9.47 Å². The molecule has 0 aromatic rings. The quantitative estimate of drug-likeness (QED) is 0.374. The minimum Gasteiger partial charge on any atom is -0.463 e. The van der Waals surface area contributed by atoms with Crippen molar-refractivity contribution in [3.05, 3.63) is 0 Å². The van der Waals surface area contributed by atoms with Gasteiger partial charge in [-0.05, 0) is 52.4 Å². The second-order valence-electron chi connectivity index (χ2n) is 5.91. The third-order valence-corrected chi connectivity index (χ3v) is 3.48. The standard InChI is InChI=1S/C18H28N2O4/c1-15(9-5-7-13-19)23-17(21)11-3-4-12-18(22)24-16(2)10-6-8-14-20/h15-16H,3-12H2,1-2H3. The molecular formula is C18H28N2O4. The highest BCUT2D eigenvalue weighted by Gasteiger charge is 2.11. The minimum atomic E-state index is -0.266. The largest absolute Gasteiger partial charge is 0.463 e. The van der Waals surface area contributed by atoms with Crippen LogP contribution in [0.5, 0.6) is 0 Å². The van der Waals surface area contributed by atoms with E-state index in [-0.39, 0.29) is 37.0 Å². The van der Waals surface area contributed by atoms with Crippen molar-refractivity contribution in [3.63, 3.8) is 0 Å². The molecule has 24 heavy (non-hydrogen) atoms. The molecule has 134 valence electrons. The molecule has 0 fully saturated rings. The van der Waals surface area contributed by atoms with Crippen LogP contribution in [0.25, 0.3) is 0 Å². The number of carbonyl (C=O) groups is 2. The Bertz CT molecular complexity index is 409. The highest BCUT2D eigenvalue weighted by Crippen LogP contribution is 2.10. The number of hydrogen-bond donors (Lipinski definition) is 0. The molecule has 6 heteroatoms. The number of ether oxygens (including phenoxy) is 2. The van der Waals surface area contributed by atoms with Crippen LogP contribution in [0.15, 0.2) is 0 Å². The number of nitriles is 2. The molecule has 0 aliphatic heterocycles. The van der Waals surface area contributed by atoms with E-state index in [1.807, 2.05) is 13.8 Å². The van der Waals surface area contributed by atoms with Crippen LogP contribution in [0.4, 0.5) is 0 Å². The minimum absolute atomic E-state index is 0.176. The van der Waals surface area contributed by atoms with E-state index in [9.17, 15) is 9.59 Å². The lowest BCUT2D eigenvalue weighted by Gasteiger charge is -2.13. The first-order valence-electron chi connectivity index (χ1n) is 8.62. The summed E-state index contributed by atoms with van der Waals surface area (Å²) >= 11 is 0. The van der Waals surface area contributed by atoms with E-state index >= 15 is 0 Å². The van der Waals surface area contributed by atoms with Crippen LogP contribution in [0.3, 0.4) is 0 Å². The van der Waals surface area contributed by atoms with Gasteiger partial charge in [0.05, 0.1) is 24.3 Å². The van der Waals surface area contributed by atoms with Crippen molar-refractivity contribution in [2.24, 2.45) is 0 Å². The van der Waals surface area contributed by atoms with Gasteiger partial charge in [-0.1, -0.05) is 0 Å². The second kappa shape index (κ2) is 14.5. The Morgan fingerprint density at radius 2 is 1.17 bits per heavy atom. The summed E-state index contributed by atoms with van der Waals surface area (Å²) in [5, 5.41) is 16.9. The third kappa shape index (κ3) is 13.6. The Morgan fingerprint density at radius 3 is 1.50 bits per heavy atom. The summed E-state index contributed by atoms with van der Waals surface area (Å²) < 4.78 is 10.5. The predicted octanol–water partition coefficient (Wildman–Crippen LogP) is 3.80. The SMILES string of the molecule is CC(CCCC#N)OC(=O)CCCCC(=O)OC(C)CCCC#N. The highest BCUT2D eigenvalue weighted by molar-refractivity contribution is 5.70. The Kier molecular flexibility index (Phi) is 13.3. The number of esters is 2. The van der Waals surface area contributed by atoms with Crippen LogP contribution in [0.1, 0.15) is 78.1 Å². The van der Waals surface area contributed by atoms with E-state index in [4.69, 9.17) is 20.0 Å². The average molecular weight is 336 g/mol. The Hall–Kier alpha value is -2.08. The summed E-state index contributed by atoms with van der Waals surface area (Å²) in [4.78, 5) is 23.3. The molecule has 0 spiro atoms. The van der Waals surface area contributed by atoms with Gasteiger partial charge in [-0.2, -0.15) is 10.5 Å². The Labute approximate surface area is 144 Å². The number of nitrogens with zero attached hydrogens (tertiary/aromatic N) is 2. The van der Waals surface area contributed by atoms with Crippen LogP contribution in [0, 0.1) is 22.7 Å². The second-order valence-corrected chi connectivity index (χ2v) is 5.91. The van der Waals surface area contributed by atoms with Gasteiger partial charge in [0.15, 0.2) is 0 Å². The molecule has 0 saturated heterocycles. The molecule has 6 nitrogen and oxygen atoms in total. The van der Waals surface area contributed by atoms with Crippen molar-refractivity contribution in [2.45, 2.75) is 90.3 Å². The lowest BCUT2D eigenvalue weighted by molar-refractivity contribution is -0.150. The first-order valence-corrected chi connectivity index (χ1v) is 8.62. The zero-order valence-corrected chi connectivity index (χ0v) is 14.8. The van der Waals surface area contributed by atoms with Gasteiger partial charge in [-0.25, -0.2) is 0 Å².